The maximum Gasteiger partial charge on any atom is 0.241 e. The van der Waals surface area contributed by atoms with Gasteiger partial charge in [0.05, 0.1) is 6.04 Å². The predicted octanol–water partition coefficient (Wildman–Crippen LogP) is 2.95. The van der Waals surface area contributed by atoms with E-state index in [0.29, 0.717) is 0 Å². The van der Waals surface area contributed by atoms with Gasteiger partial charge in [0.2, 0.25) is 5.91 Å². The largest absolute Gasteiger partial charge is 0.348 e. The van der Waals surface area contributed by atoms with Crippen LogP contribution in [-0.2, 0) is 4.79 Å². The zero-order valence-electron chi connectivity index (χ0n) is 11.6. The average Bonchev–Trinajstić information content (AvgIpc) is 2.53. The molecule has 0 heterocycles. The lowest BCUT2D eigenvalue weighted by molar-refractivity contribution is -0.123. The Balaban J connectivity index is 2.06. The van der Waals surface area contributed by atoms with Crippen molar-refractivity contribution in [2.45, 2.75) is 25.4 Å². The van der Waals surface area contributed by atoms with E-state index in [1.165, 1.54) is 0 Å². The molecule has 0 spiro atoms. The number of carbonyl (C=O) groups excluding carboxylic acids is 1. The summed E-state index contributed by atoms with van der Waals surface area (Å²) >= 11 is 0. The van der Waals surface area contributed by atoms with Crippen LogP contribution in [0.25, 0.3) is 0 Å². The molecule has 0 fully saturated rings. The highest BCUT2D eigenvalue weighted by Gasteiger charge is 2.19. The van der Waals surface area contributed by atoms with E-state index >= 15 is 0 Å². The normalized spacial score (nSPS) is 13.5. The van der Waals surface area contributed by atoms with E-state index < -0.39 is 6.04 Å². The molecule has 0 saturated heterocycles. The summed E-state index contributed by atoms with van der Waals surface area (Å²) in [6, 6.07) is 18.7. The van der Waals surface area contributed by atoms with Crippen molar-refractivity contribution in [3.63, 3.8) is 0 Å². The van der Waals surface area contributed by atoms with Gasteiger partial charge >= 0.3 is 0 Å². The van der Waals surface area contributed by atoms with Gasteiger partial charge in [0.15, 0.2) is 0 Å². The molecular formula is C17H20N2O. The maximum absolute atomic E-state index is 12.2. The van der Waals surface area contributed by atoms with Crippen LogP contribution in [-0.4, -0.2) is 5.91 Å². The lowest BCUT2D eigenvalue weighted by Gasteiger charge is -2.20. The van der Waals surface area contributed by atoms with Crippen molar-refractivity contribution < 1.29 is 4.79 Å². The second-order valence-electron chi connectivity index (χ2n) is 4.77. The van der Waals surface area contributed by atoms with Crippen LogP contribution in [0.4, 0.5) is 0 Å². The summed E-state index contributed by atoms with van der Waals surface area (Å²) in [5.41, 5.74) is 7.93. The number of carbonyl (C=O) groups is 1. The minimum Gasteiger partial charge on any atom is -0.348 e. The molecule has 3 nitrogen and oxygen atoms in total. The van der Waals surface area contributed by atoms with Gasteiger partial charge in [-0.3, -0.25) is 4.79 Å². The van der Waals surface area contributed by atoms with Crippen molar-refractivity contribution in [2.75, 3.05) is 0 Å². The molecule has 2 aromatic rings. The minimum absolute atomic E-state index is 0.00142. The number of rotatable bonds is 5. The van der Waals surface area contributed by atoms with Crippen molar-refractivity contribution >= 4 is 5.91 Å². The third-order valence-electron chi connectivity index (χ3n) is 3.37. The van der Waals surface area contributed by atoms with Crippen LogP contribution < -0.4 is 11.1 Å². The molecule has 0 aromatic heterocycles. The van der Waals surface area contributed by atoms with Crippen molar-refractivity contribution in [3.8, 4) is 0 Å². The third-order valence-corrected chi connectivity index (χ3v) is 3.37. The van der Waals surface area contributed by atoms with E-state index in [9.17, 15) is 4.79 Å². The molecule has 0 aliphatic carbocycles. The molecule has 0 aliphatic heterocycles. The van der Waals surface area contributed by atoms with E-state index in [1.807, 2.05) is 67.6 Å². The van der Waals surface area contributed by atoms with Crippen LogP contribution in [0.5, 0.6) is 0 Å². The van der Waals surface area contributed by atoms with E-state index in [4.69, 9.17) is 5.73 Å². The van der Waals surface area contributed by atoms with E-state index in [-0.39, 0.29) is 11.9 Å². The predicted molar refractivity (Wildman–Crippen MR) is 81.0 cm³/mol. The molecule has 104 valence electrons. The summed E-state index contributed by atoms with van der Waals surface area (Å²) in [4.78, 5) is 12.2. The molecule has 0 saturated carbocycles. The van der Waals surface area contributed by atoms with Crippen LogP contribution in [0.3, 0.4) is 0 Å². The van der Waals surface area contributed by atoms with Crippen molar-refractivity contribution in [1.29, 1.82) is 0 Å². The van der Waals surface area contributed by atoms with E-state index in [0.717, 1.165) is 17.5 Å². The molecule has 2 rings (SSSR count). The van der Waals surface area contributed by atoms with Gasteiger partial charge in [-0.2, -0.15) is 0 Å². The molecule has 3 heteroatoms. The van der Waals surface area contributed by atoms with Gasteiger partial charge in [-0.15, -0.1) is 0 Å². The molecule has 0 aliphatic rings. The van der Waals surface area contributed by atoms with Gasteiger partial charge in [0, 0.05) is 0 Å². The van der Waals surface area contributed by atoms with Crippen LogP contribution in [0.15, 0.2) is 60.7 Å². The Hall–Kier alpha value is -2.13. The summed E-state index contributed by atoms with van der Waals surface area (Å²) in [7, 11) is 0. The first-order valence-corrected chi connectivity index (χ1v) is 6.88. The highest BCUT2D eigenvalue weighted by atomic mass is 16.2. The number of nitrogens with one attached hydrogen (secondary N) is 1. The van der Waals surface area contributed by atoms with E-state index in [1.54, 1.807) is 0 Å². The quantitative estimate of drug-likeness (QED) is 0.876. The highest BCUT2D eigenvalue weighted by molar-refractivity contribution is 5.83. The second kappa shape index (κ2) is 6.87. The summed E-state index contributed by atoms with van der Waals surface area (Å²) in [6.45, 7) is 2.05. The fourth-order valence-electron chi connectivity index (χ4n) is 2.18. The first kappa shape index (κ1) is 14.3. The summed E-state index contributed by atoms with van der Waals surface area (Å²) < 4.78 is 0. The molecule has 20 heavy (non-hydrogen) atoms. The monoisotopic (exact) mass is 268 g/mol. The number of hydrogen-bond acceptors (Lipinski definition) is 2. The first-order valence-electron chi connectivity index (χ1n) is 6.88. The van der Waals surface area contributed by atoms with Crippen LogP contribution in [0.1, 0.15) is 36.6 Å². The Bertz CT molecular complexity index is 539. The topological polar surface area (TPSA) is 55.1 Å². The summed E-state index contributed by atoms with van der Waals surface area (Å²) in [5.74, 6) is -0.146. The molecule has 2 aromatic carbocycles. The van der Waals surface area contributed by atoms with Gasteiger partial charge in [0.1, 0.15) is 6.04 Å². The lowest BCUT2D eigenvalue weighted by atomic mass is 10.0. The fraction of sp³-hybridized carbons (Fsp3) is 0.235. The number of hydrogen-bond donors (Lipinski definition) is 2. The second-order valence-corrected chi connectivity index (χ2v) is 4.77. The summed E-state index contributed by atoms with van der Waals surface area (Å²) in [5, 5.41) is 3.02. The van der Waals surface area contributed by atoms with Gasteiger partial charge in [-0.05, 0) is 17.5 Å². The smallest absolute Gasteiger partial charge is 0.241 e. The Morgan fingerprint density at radius 2 is 1.50 bits per heavy atom. The third kappa shape index (κ3) is 3.45. The average molecular weight is 268 g/mol. The van der Waals surface area contributed by atoms with Crippen LogP contribution in [0.2, 0.25) is 0 Å². The zero-order chi connectivity index (χ0) is 14.4. The standard InChI is InChI=1S/C17H20N2O/c1-2-15(13-9-5-3-6-10-13)19-17(20)16(18)14-11-7-4-8-12-14/h3-12,15-16H,2,18H2,1H3,(H,19,20)/t15?,16-/m0/s1. The molecule has 3 N–H and O–H groups in total. The van der Waals surface area contributed by atoms with Crippen LogP contribution >= 0.6 is 0 Å². The summed E-state index contributed by atoms with van der Waals surface area (Å²) in [6.07, 6.45) is 0.831. The fourth-order valence-corrected chi connectivity index (χ4v) is 2.18. The van der Waals surface area contributed by atoms with Gasteiger partial charge in [-0.25, -0.2) is 0 Å². The molecule has 2 atom stereocenters. The van der Waals surface area contributed by atoms with Crippen molar-refractivity contribution in [3.05, 3.63) is 71.8 Å². The number of amides is 1. The minimum atomic E-state index is -0.631. The Morgan fingerprint density at radius 1 is 1.00 bits per heavy atom. The van der Waals surface area contributed by atoms with Gasteiger partial charge < -0.3 is 11.1 Å². The Labute approximate surface area is 119 Å². The SMILES string of the molecule is CCC(NC(=O)[C@@H](N)c1ccccc1)c1ccccc1. The molecule has 1 amide bonds. The maximum atomic E-state index is 12.2. The number of nitrogens with two attached hydrogens (primary N) is 1. The molecular weight excluding hydrogens is 248 g/mol. The zero-order valence-corrected chi connectivity index (χ0v) is 11.6. The number of benzene rings is 2. The Kier molecular flexibility index (Phi) is 4.91. The van der Waals surface area contributed by atoms with Crippen molar-refractivity contribution in [1.82, 2.24) is 5.32 Å². The lowest BCUT2D eigenvalue weighted by Crippen LogP contribution is -2.36. The van der Waals surface area contributed by atoms with Crippen LogP contribution in [0, 0.1) is 0 Å². The Morgan fingerprint density at radius 3 is 2.00 bits per heavy atom. The van der Waals surface area contributed by atoms with Crippen molar-refractivity contribution in [2.24, 2.45) is 5.73 Å². The van der Waals surface area contributed by atoms with Gasteiger partial charge in [-0.1, -0.05) is 67.6 Å². The highest BCUT2D eigenvalue weighted by Crippen LogP contribution is 2.18. The molecule has 1 unspecified atom stereocenters. The first-order chi connectivity index (χ1) is 9.72. The van der Waals surface area contributed by atoms with Gasteiger partial charge in [0.25, 0.3) is 0 Å². The molecule has 0 bridgehead atoms. The molecule has 0 radical (unpaired) electrons. The van der Waals surface area contributed by atoms with E-state index in [2.05, 4.69) is 5.32 Å².